The van der Waals surface area contributed by atoms with Crippen LogP contribution in [0.2, 0.25) is 0 Å². The number of allylic oxidation sites excluding steroid dienone is 1. The maximum Gasteiger partial charge on any atom is 0.514 e. The van der Waals surface area contributed by atoms with Gasteiger partial charge in [-0.05, 0) is 116 Å². The SMILES string of the molecule is CC(C)CCC[C@@H](C)[C@H]1CC[C@H]2[C@H]3CC=C4C[C@@H](OC(=O)Oc5ccc(Br)cc5)CC[C@]4(C)[C@@H]3CC[C@]12C. The van der Waals surface area contributed by atoms with Crippen molar-refractivity contribution in [3.63, 3.8) is 0 Å². The van der Waals surface area contributed by atoms with Gasteiger partial charge in [-0.3, -0.25) is 0 Å². The van der Waals surface area contributed by atoms with E-state index in [0.717, 1.165) is 59.2 Å². The monoisotopic (exact) mass is 584 g/mol. The van der Waals surface area contributed by atoms with Crippen molar-refractivity contribution in [3.05, 3.63) is 40.4 Å². The zero-order valence-corrected chi connectivity index (χ0v) is 25.9. The van der Waals surface area contributed by atoms with Crippen LogP contribution < -0.4 is 4.74 Å². The number of hydrogen-bond acceptors (Lipinski definition) is 3. The summed E-state index contributed by atoms with van der Waals surface area (Å²) in [6, 6.07) is 7.30. The largest absolute Gasteiger partial charge is 0.514 e. The van der Waals surface area contributed by atoms with Gasteiger partial charge in [0.1, 0.15) is 11.9 Å². The Morgan fingerprint density at radius 2 is 1.76 bits per heavy atom. The average molecular weight is 586 g/mol. The van der Waals surface area contributed by atoms with Crippen LogP contribution in [0, 0.1) is 46.3 Å². The van der Waals surface area contributed by atoms with Crippen molar-refractivity contribution in [1.82, 2.24) is 0 Å². The zero-order valence-electron chi connectivity index (χ0n) is 24.3. The molecule has 0 heterocycles. The minimum Gasteiger partial charge on any atom is -0.430 e. The van der Waals surface area contributed by atoms with Crippen molar-refractivity contribution in [2.75, 3.05) is 0 Å². The Morgan fingerprint density at radius 3 is 2.50 bits per heavy atom. The fourth-order valence-corrected chi connectivity index (χ4v) is 9.78. The van der Waals surface area contributed by atoms with Gasteiger partial charge in [0.05, 0.1) is 0 Å². The molecule has 5 rings (SSSR count). The van der Waals surface area contributed by atoms with E-state index >= 15 is 0 Å². The third-order valence-electron chi connectivity index (χ3n) is 11.5. The van der Waals surface area contributed by atoms with Crippen LogP contribution in [-0.2, 0) is 4.74 Å². The second-order valence-corrected chi connectivity index (χ2v) is 15.0. The van der Waals surface area contributed by atoms with Gasteiger partial charge in [0.15, 0.2) is 0 Å². The summed E-state index contributed by atoms with van der Waals surface area (Å²) in [5.74, 6) is 5.60. The Kier molecular flexibility index (Phi) is 8.40. The van der Waals surface area contributed by atoms with Crippen LogP contribution in [0.3, 0.4) is 0 Å². The van der Waals surface area contributed by atoms with E-state index in [-0.39, 0.29) is 11.5 Å². The van der Waals surface area contributed by atoms with Crippen molar-refractivity contribution in [3.8, 4) is 5.75 Å². The summed E-state index contributed by atoms with van der Waals surface area (Å²) in [6.45, 7) is 12.5. The van der Waals surface area contributed by atoms with Crippen LogP contribution in [0.4, 0.5) is 4.79 Å². The number of carbonyl (C=O) groups excluding carboxylic acids is 1. The van der Waals surface area contributed by atoms with Crippen molar-refractivity contribution in [1.29, 1.82) is 0 Å². The topological polar surface area (TPSA) is 35.5 Å². The Balaban J connectivity index is 1.21. The maximum absolute atomic E-state index is 12.5. The molecule has 8 atom stereocenters. The molecule has 3 saturated carbocycles. The molecule has 4 aliphatic carbocycles. The first-order valence-corrected chi connectivity index (χ1v) is 16.2. The van der Waals surface area contributed by atoms with Gasteiger partial charge in [0.25, 0.3) is 0 Å². The first-order valence-electron chi connectivity index (χ1n) is 15.4. The Bertz CT molecular complexity index is 1020. The highest BCUT2D eigenvalue weighted by molar-refractivity contribution is 9.10. The number of rotatable bonds is 7. The van der Waals surface area contributed by atoms with Gasteiger partial charge >= 0.3 is 6.16 Å². The van der Waals surface area contributed by atoms with E-state index < -0.39 is 6.16 Å². The molecule has 0 saturated heterocycles. The third kappa shape index (κ3) is 5.50. The Hall–Kier alpha value is -1.29. The van der Waals surface area contributed by atoms with Gasteiger partial charge in [-0.25, -0.2) is 4.79 Å². The number of halogens is 1. The lowest BCUT2D eigenvalue weighted by Crippen LogP contribution is -2.51. The van der Waals surface area contributed by atoms with Crippen LogP contribution in [0.15, 0.2) is 40.4 Å². The molecular formula is C34H49BrO3. The Morgan fingerprint density at radius 1 is 1.00 bits per heavy atom. The Labute approximate surface area is 239 Å². The number of benzene rings is 1. The van der Waals surface area contributed by atoms with E-state index in [9.17, 15) is 4.79 Å². The molecule has 0 radical (unpaired) electrons. The summed E-state index contributed by atoms with van der Waals surface area (Å²) in [6.07, 6.45) is 15.9. The molecule has 0 aromatic heterocycles. The molecule has 210 valence electrons. The van der Waals surface area contributed by atoms with E-state index in [1.165, 1.54) is 51.4 Å². The van der Waals surface area contributed by atoms with Crippen molar-refractivity contribution < 1.29 is 14.3 Å². The summed E-state index contributed by atoms with van der Waals surface area (Å²) in [4.78, 5) is 12.5. The molecule has 3 fully saturated rings. The van der Waals surface area contributed by atoms with Crippen molar-refractivity contribution in [2.24, 2.45) is 46.3 Å². The summed E-state index contributed by atoms with van der Waals surface area (Å²) in [5, 5.41) is 0. The van der Waals surface area contributed by atoms with Gasteiger partial charge in [-0.2, -0.15) is 0 Å². The van der Waals surface area contributed by atoms with Crippen molar-refractivity contribution in [2.45, 2.75) is 111 Å². The van der Waals surface area contributed by atoms with Crippen LogP contribution >= 0.6 is 15.9 Å². The molecule has 0 aliphatic heterocycles. The molecule has 0 spiro atoms. The molecule has 0 amide bonds. The first-order chi connectivity index (χ1) is 18.1. The number of fused-ring (bicyclic) bond motifs is 5. The second kappa shape index (κ2) is 11.3. The van der Waals surface area contributed by atoms with Crippen molar-refractivity contribution >= 4 is 22.1 Å². The van der Waals surface area contributed by atoms with E-state index in [2.05, 4.69) is 56.6 Å². The summed E-state index contributed by atoms with van der Waals surface area (Å²) >= 11 is 3.42. The summed E-state index contributed by atoms with van der Waals surface area (Å²) in [5.41, 5.74) is 2.34. The summed E-state index contributed by atoms with van der Waals surface area (Å²) in [7, 11) is 0. The molecule has 4 aliphatic rings. The molecule has 0 unspecified atom stereocenters. The zero-order chi connectivity index (χ0) is 27.1. The van der Waals surface area contributed by atoms with Gasteiger partial charge in [-0.15, -0.1) is 0 Å². The number of hydrogen-bond donors (Lipinski definition) is 0. The molecule has 0 bridgehead atoms. The van der Waals surface area contributed by atoms with E-state index in [1.54, 1.807) is 17.7 Å². The first kappa shape index (κ1) is 28.2. The standard InChI is InChI=1S/C34H49BrO3/c1-22(2)7-6-8-23(3)29-15-16-30-28-14-9-24-21-27(38-32(36)37-26-12-10-25(35)11-13-26)17-19-33(24,4)31(28)18-20-34(29,30)5/h9-13,22-23,27-31H,6-8,14-21H2,1-5H3/t23-,27+,28-,29-,30+,31-,33+,34-/m1/s1. The van der Waals surface area contributed by atoms with Crippen LogP contribution in [0.5, 0.6) is 5.75 Å². The van der Waals surface area contributed by atoms with E-state index in [1.807, 2.05) is 12.1 Å². The lowest BCUT2D eigenvalue weighted by molar-refractivity contribution is -0.0597. The molecule has 38 heavy (non-hydrogen) atoms. The predicted octanol–water partition coefficient (Wildman–Crippen LogP) is 10.4. The highest BCUT2D eigenvalue weighted by Crippen LogP contribution is 2.67. The third-order valence-corrected chi connectivity index (χ3v) is 12.1. The summed E-state index contributed by atoms with van der Waals surface area (Å²) < 4.78 is 12.2. The maximum atomic E-state index is 12.5. The fraction of sp³-hybridized carbons (Fsp3) is 0.735. The second-order valence-electron chi connectivity index (χ2n) is 14.1. The van der Waals surface area contributed by atoms with Crippen LogP contribution in [0.25, 0.3) is 0 Å². The predicted molar refractivity (Wildman–Crippen MR) is 158 cm³/mol. The molecule has 1 aromatic rings. The minimum absolute atomic E-state index is 0.0785. The van der Waals surface area contributed by atoms with Gasteiger partial charge in [0, 0.05) is 10.9 Å². The minimum atomic E-state index is -0.580. The smallest absolute Gasteiger partial charge is 0.430 e. The van der Waals surface area contributed by atoms with Gasteiger partial charge in [-0.1, -0.05) is 81.5 Å². The lowest BCUT2D eigenvalue weighted by atomic mass is 9.47. The molecule has 0 N–H and O–H groups in total. The molecule has 3 nitrogen and oxygen atoms in total. The average Bonchev–Trinajstić information content (AvgIpc) is 3.23. The van der Waals surface area contributed by atoms with Crippen LogP contribution in [-0.4, -0.2) is 12.3 Å². The highest BCUT2D eigenvalue weighted by atomic mass is 79.9. The highest BCUT2D eigenvalue weighted by Gasteiger charge is 2.59. The van der Waals surface area contributed by atoms with E-state index in [4.69, 9.17) is 9.47 Å². The van der Waals surface area contributed by atoms with Gasteiger partial charge in [0.2, 0.25) is 0 Å². The lowest BCUT2D eigenvalue weighted by Gasteiger charge is -2.58. The fourth-order valence-electron chi connectivity index (χ4n) is 9.51. The van der Waals surface area contributed by atoms with Gasteiger partial charge < -0.3 is 9.47 Å². The molecule has 1 aromatic carbocycles. The quantitative estimate of drug-likeness (QED) is 0.181. The number of ether oxygens (including phenoxy) is 2. The van der Waals surface area contributed by atoms with E-state index in [0.29, 0.717) is 11.2 Å². The molecule has 4 heteroatoms. The van der Waals surface area contributed by atoms with Crippen LogP contribution in [0.1, 0.15) is 105 Å². The molecular weight excluding hydrogens is 536 g/mol. The number of carbonyl (C=O) groups is 1. The normalized spacial score (nSPS) is 37.0.